The van der Waals surface area contributed by atoms with Crippen LogP contribution in [-0.4, -0.2) is 19.6 Å². The molecule has 1 aromatic rings. The van der Waals surface area contributed by atoms with Gasteiger partial charge in [0.15, 0.2) is 0 Å². The van der Waals surface area contributed by atoms with Crippen LogP contribution in [0.5, 0.6) is 11.5 Å². The third kappa shape index (κ3) is 3.32. The van der Waals surface area contributed by atoms with Gasteiger partial charge < -0.3 is 9.47 Å². The van der Waals surface area contributed by atoms with Gasteiger partial charge in [0, 0.05) is 5.88 Å². The maximum atomic E-state index is 6.09. The van der Waals surface area contributed by atoms with E-state index in [0.29, 0.717) is 0 Å². The van der Waals surface area contributed by atoms with Gasteiger partial charge in [-0.15, -0.1) is 11.6 Å². The van der Waals surface area contributed by atoms with Crippen LogP contribution in [0.2, 0.25) is 0 Å². The fourth-order valence-electron chi connectivity index (χ4n) is 2.23. The summed E-state index contributed by atoms with van der Waals surface area (Å²) in [5.74, 6) is 3.27. The molecule has 0 heterocycles. The number of alkyl halides is 1. The topological polar surface area (TPSA) is 18.5 Å². The van der Waals surface area contributed by atoms with Crippen molar-refractivity contribution in [2.45, 2.75) is 26.2 Å². The molecule has 0 radical (unpaired) electrons. The molecule has 1 saturated carbocycles. The molecular formula is C15H21ClO2. The van der Waals surface area contributed by atoms with E-state index in [4.69, 9.17) is 21.1 Å². The predicted octanol–water partition coefficient (Wildman–Crippen LogP) is 4.12. The Labute approximate surface area is 114 Å². The highest BCUT2D eigenvalue weighted by atomic mass is 35.5. The summed E-state index contributed by atoms with van der Waals surface area (Å²) in [6, 6.07) is 7.70. The van der Waals surface area contributed by atoms with Crippen LogP contribution in [-0.2, 0) is 0 Å². The molecule has 3 heteroatoms. The minimum Gasteiger partial charge on any atom is -0.497 e. The first-order chi connectivity index (χ1) is 8.68. The Morgan fingerprint density at radius 2 is 1.83 bits per heavy atom. The largest absolute Gasteiger partial charge is 0.497 e. The fraction of sp³-hybridized carbons (Fsp3) is 0.600. The van der Waals surface area contributed by atoms with E-state index >= 15 is 0 Å². The van der Waals surface area contributed by atoms with Crippen LogP contribution in [0.3, 0.4) is 0 Å². The zero-order chi connectivity index (χ0) is 13.0. The third-order valence-corrected chi connectivity index (χ3v) is 4.48. The summed E-state index contributed by atoms with van der Waals surface area (Å²) < 4.78 is 10.9. The molecule has 18 heavy (non-hydrogen) atoms. The summed E-state index contributed by atoms with van der Waals surface area (Å²) in [4.78, 5) is 0. The highest BCUT2D eigenvalue weighted by molar-refractivity contribution is 6.18. The summed E-state index contributed by atoms with van der Waals surface area (Å²) in [6.45, 7) is 3.00. The quantitative estimate of drug-likeness (QED) is 0.693. The predicted molar refractivity (Wildman–Crippen MR) is 74.7 cm³/mol. The van der Waals surface area contributed by atoms with E-state index in [1.165, 1.54) is 12.8 Å². The van der Waals surface area contributed by atoms with Crippen molar-refractivity contribution < 1.29 is 9.47 Å². The molecule has 0 N–H and O–H groups in total. The van der Waals surface area contributed by atoms with Crippen LogP contribution in [0.25, 0.3) is 0 Å². The van der Waals surface area contributed by atoms with Crippen molar-refractivity contribution in [3.05, 3.63) is 24.3 Å². The molecular weight excluding hydrogens is 248 g/mol. The Morgan fingerprint density at radius 3 is 2.33 bits per heavy atom. The minimum absolute atomic E-state index is 0.244. The summed E-state index contributed by atoms with van der Waals surface area (Å²) in [5, 5.41) is 0. The number of methoxy groups -OCH3 is 1. The van der Waals surface area contributed by atoms with Crippen molar-refractivity contribution in [2.75, 3.05) is 19.6 Å². The molecule has 1 aliphatic rings. The van der Waals surface area contributed by atoms with Crippen LogP contribution >= 0.6 is 11.6 Å². The number of hydrogen-bond acceptors (Lipinski definition) is 2. The van der Waals surface area contributed by atoms with Gasteiger partial charge in [0.2, 0.25) is 0 Å². The Bertz CT molecular complexity index is 373. The number of halogens is 1. The first-order valence-electron chi connectivity index (χ1n) is 6.51. The lowest BCUT2D eigenvalue weighted by Gasteiger charge is -2.26. The second-order valence-corrected chi connectivity index (χ2v) is 5.60. The summed E-state index contributed by atoms with van der Waals surface area (Å²) >= 11 is 6.09. The Hall–Kier alpha value is -0.890. The van der Waals surface area contributed by atoms with E-state index in [-0.39, 0.29) is 5.41 Å². The second kappa shape index (κ2) is 5.83. The van der Waals surface area contributed by atoms with Crippen LogP contribution < -0.4 is 9.47 Å². The molecule has 0 amide bonds. The summed E-state index contributed by atoms with van der Waals surface area (Å²) in [5.41, 5.74) is 0.244. The molecule has 100 valence electrons. The van der Waals surface area contributed by atoms with Crippen molar-refractivity contribution in [3.8, 4) is 11.5 Å². The third-order valence-electron chi connectivity index (χ3n) is 3.87. The smallest absolute Gasteiger partial charge is 0.119 e. The van der Waals surface area contributed by atoms with E-state index < -0.39 is 0 Å². The van der Waals surface area contributed by atoms with E-state index in [0.717, 1.165) is 36.3 Å². The van der Waals surface area contributed by atoms with Gasteiger partial charge >= 0.3 is 0 Å². The van der Waals surface area contributed by atoms with Gasteiger partial charge in [-0.25, -0.2) is 0 Å². The first-order valence-corrected chi connectivity index (χ1v) is 7.04. The first kappa shape index (κ1) is 13.5. The van der Waals surface area contributed by atoms with Gasteiger partial charge in [-0.1, -0.05) is 6.92 Å². The van der Waals surface area contributed by atoms with E-state index in [1.807, 2.05) is 24.3 Å². The summed E-state index contributed by atoms with van der Waals surface area (Å²) in [6.07, 6.45) is 3.67. The van der Waals surface area contributed by atoms with Gasteiger partial charge in [-0.3, -0.25) is 0 Å². The molecule has 0 bridgehead atoms. The monoisotopic (exact) mass is 268 g/mol. The van der Waals surface area contributed by atoms with E-state index in [9.17, 15) is 0 Å². The molecule has 2 nitrogen and oxygen atoms in total. The normalized spacial score (nSPS) is 18.2. The minimum atomic E-state index is 0.244. The molecule has 0 aromatic heterocycles. The molecule has 1 unspecified atom stereocenters. The molecule has 0 saturated heterocycles. The van der Waals surface area contributed by atoms with Crippen molar-refractivity contribution >= 4 is 11.6 Å². The second-order valence-electron chi connectivity index (χ2n) is 5.34. The maximum Gasteiger partial charge on any atom is 0.119 e. The zero-order valence-electron chi connectivity index (χ0n) is 11.1. The van der Waals surface area contributed by atoms with Crippen LogP contribution in [0.15, 0.2) is 24.3 Å². The van der Waals surface area contributed by atoms with Gasteiger partial charge in [-0.2, -0.15) is 0 Å². The lowest BCUT2D eigenvalue weighted by atomic mass is 9.84. The number of ether oxygens (including phenoxy) is 2. The van der Waals surface area contributed by atoms with Gasteiger partial charge in [-0.05, 0) is 54.9 Å². The van der Waals surface area contributed by atoms with Crippen LogP contribution in [0.4, 0.5) is 0 Å². The highest BCUT2D eigenvalue weighted by Crippen LogP contribution is 2.48. The standard InChI is InChI=1S/C15H21ClO2/c1-15(11-16,12-3-4-12)9-10-18-14-7-5-13(17-2)6-8-14/h5-8,12H,3-4,9-11H2,1-2H3. The highest BCUT2D eigenvalue weighted by Gasteiger charge is 2.40. The van der Waals surface area contributed by atoms with Gasteiger partial charge in [0.05, 0.1) is 13.7 Å². The molecule has 1 atom stereocenters. The fourth-order valence-corrected chi connectivity index (χ4v) is 2.59. The van der Waals surface area contributed by atoms with Crippen molar-refractivity contribution in [1.29, 1.82) is 0 Å². The molecule has 2 rings (SSSR count). The van der Waals surface area contributed by atoms with Crippen LogP contribution in [0.1, 0.15) is 26.2 Å². The number of benzene rings is 1. The van der Waals surface area contributed by atoms with Crippen molar-refractivity contribution in [1.82, 2.24) is 0 Å². The SMILES string of the molecule is COc1ccc(OCCC(C)(CCl)C2CC2)cc1. The zero-order valence-corrected chi connectivity index (χ0v) is 11.9. The lowest BCUT2D eigenvalue weighted by molar-refractivity contribution is 0.208. The average Bonchev–Trinajstić information content (AvgIpc) is 3.24. The Balaban J connectivity index is 1.80. The van der Waals surface area contributed by atoms with Crippen molar-refractivity contribution in [3.63, 3.8) is 0 Å². The number of rotatable bonds is 7. The van der Waals surface area contributed by atoms with E-state index in [1.54, 1.807) is 7.11 Å². The lowest BCUT2D eigenvalue weighted by Crippen LogP contribution is -2.24. The maximum absolute atomic E-state index is 6.09. The number of hydrogen-bond donors (Lipinski definition) is 0. The molecule has 0 spiro atoms. The Morgan fingerprint density at radius 1 is 1.22 bits per heavy atom. The van der Waals surface area contributed by atoms with Crippen LogP contribution in [0, 0.1) is 11.3 Å². The van der Waals surface area contributed by atoms with Gasteiger partial charge in [0.25, 0.3) is 0 Å². The molecule has 1 aliphatic carbocycles. The van der Waals surface area contributed by atoms with Crippen molar-refractivity contribution in [2.24, 2.45) is 11.3 Å². The molecule has 1 fully saturated rings. The average molecular weight is 269 g/mol. The molecule has 0 aliphatic heterocycles. The van der Waals surface area contributed by atoms with Gasteiger partial charge in [0.1, 0.15) is 11.5 Å². The Kier molecular flexibility index (Phi) is 4.39. The summed E-state index contributed by atoms with van der Waals surface area (Å²) in [7, 11) is 1.66. The van der Waals surface area contributed by atoms with E-state index in [2.05, 4.69) is 6.92 Å². The molecule has 1 aromatic carbocycles.